The fourth-order valence-electron chi connectivity index (χ4n) is 2.58. The molecule has 0 spiro atoms. The lowest BCUT2D eigenvalue weighted by molar-refractivity contribution is -0.148. The molecule has 1 amide bonds. The van der Waals surface area contributed by atoms with E-state index in [1.807, 2.05) is 0 Å². The largest absolute Gasteiger partial charge is 0.480 e. The maximum Gasteiger partial charge on any atom is 0.329 e. The molecule has 126 valence electrons. The van der Waals surface area contributed by atoms with E-state index in [2.05, 4.69) is 10.4 Å². The summed E-state index contributed by atoms with van der Waals surface area (Å²) >= 11 is 0. The molecule has 24 heavy (non-hydrogen) atoms. The smallest absolute Gasteiger partial charge is 0.329 e. The lowest BCUT2D eigenvalue weighted by atomic mass is 9.90. The van der Waals surface area contributed by atoms with Crippen molar-refractivity contribution >= 4 is 11.9 Å². The number of aliphatic carboxylic acids is 1. The highest BCUT2D eigenvalue weighted by Gasteiger charge is 2.42. The number of ether oxygens (including phenoxy) is 1. The molecule has 0 saturated carbocycles. The van der Waals surface area contributed by atoms with Crippen molar-refractivity contribution in [3.63, 3.8) is 0 Å². The van der Waals surface area contributed by atoms with E-state index in [0.717, 1.165) is 0 Å². The Kier molecular flexibility index (Phi) is 4.30. The molecule has 0 radical (unpaired) electrons. The number of nitrogens with zero attached hydrogens (tertiary/aromatic N) is 2. The van der Waals surface area contributed by atoms with Gasteiger partial charge in [-0.25, -0.2) is 13.9 Å². The third kappa shape index (κ3) is 3.13. The zero-order valence-corrected chi connectivity index (χ0v) is 12.7. The van der Waals surface area contributed by atoms with Gasteiger partial charge in [0, 0.05) is 32.3 Å². The number of halogens is 1. The summed E-state index contributed by atoms with van der Waals surface area (Å²) in [6, 6.07) is 7.12. The van der Waals surface area contributed by atoms with Crippen LogP contribution in [0.4, 0.5) is 4.39 Å². The number of amides is 1. The van der Waals surface area contributed by atoms with Crippen LogP contribution in [0.15, 0.2) is 36.5 Å². The Hall–Kier alpha value is -2.74. The van der Waals surface area contributed by atoms with Crippen molar-refractivity contribution in [1.29, 1.82) is 0 Å². The van der Waals surface area contributed by atoms with E-state index in [1.165, 1.54) is 35.0 Å². The lowest BCUT2D eigenvalue weighted by Crippen LogP contribution is -2.57. The number of carboxylic acids is 1. The molecule has 1 aliphatic heterocycles. The van der Waals surface area contributed by atoms with Crippen molar-refractivity contribution < 1.29 is 23.8 Å². The van der Waals surface area contributed by atoms with Crippen LogP contribution in [0.25, 0.3) is 5.69 Å². The van der Waals surface area contributed by atoms with E-state index in [-0.39, 0.29) is 37.6 Å². The second kappa shape index (κ2) is 6.40. The molecule has 1 aliphatic rings. The second-order valence-corrected chi connectivity index (χ2v) is 5.58. The van der Waals surface area contributed by atoms with Crippen LogP contribution in [0.1, 0.15) is 23.3 Å². The summed E-state index contributed by atoms with van der Waals surface area (Å²) in [6.07, 6.45) is 1.96. The monoisotopic (exact) mass is 333 g/mol. The minimum atomic E-state index is -1.34. The van der Waals surface area contributed by atoms with Crippen molar-refractivity contribution in [2.45, 2.75) is 18.4 Å². The van der Waals surface area contributed by atoms with Crippen LogP contribution in [-0.2, 0) is 9.53 Å². The number of benzene rings is 1. The molecule has 2 heterocycles. The zero-order chi connectivity index (χ0) is 17.2. The first-order valence-corrected chi connectivity index (χ1v) is 7.45. The standard InChI is InChI=1S/C16H16FN3O4/c17-11-1-3-12(4-2-11)20-8-5-13(19-20)14(21)18-16(15(22)23)6-9-24-10-7-16/h1-5,8H,6-7,9-10H2,(H,18,21)(H,22,23). The maximum absolute atomic E-state index is 13.0. The first-order chi connectivity index (χ1) is 11.5. The molecule has 7 nitrogen and oxygen atoms in total. The first kappa shape index (κ1) is 16.1. The van der Waals surface area contributed by atoms with Gasteiger partial charge in [-0.15, -0.1) is 0 Å². The predicted molar refractivity (Wildman–Crippen MR) is 81.4 cm³/mol. The summed E-state index contributed by atoms with van der Waals surface area (Å²) in [4.78, 5) is 23.9. The molecule has 3 rings (SSSR count). The minimum absolute atomic E-state index is 0.0893. The van der Waals surface area contributed by atoms with Gasteiger partial charge in [-0.2, -0.15) is 5.10 Å². The summed E-state index contributed by atoms with van der Waals surface area (Å²) < 4.78 is 19.5. The SMILES string of the molecule is O=C(NC1(C(=O)O)CCOCC1)c1ccn(-c2ccc(F)cc2)n1. The molecule has 0 atom stereocenters. The Labute approximate surface area is 137 Å². The number of rotatable bonds is 4. The summed E-state index contributed by atoms with van der Waals surface area (Å²) in [5, 5.41) is 16.2. The van der Waals surface area contributed by atoms with Gasteiger partial charge in [0.1, 0.15) is 11.4 Å². The molecule has 1 aromatic carbocycles. The molecule has 1 saturated heterocycles. The van der Waals surface area contributed by atoms with E-state index in [0.29, 0.717) is 5.69 Å². The first-order valence-electron chi connectivity index (χ1n) is 7.45. The number of carbonyl (C=O) groups excluding carboxylic acids is 1. The predicted octanol–water partition coefficient (Wildman–Crippen LogP) is 1.37. The zero-order valence-electron chi connectivity index (χ0n) is 12.7. The summed E-state index contributed by atoms with van der Waals surface area (Å²) in [7, 11) is 0. The number of nitrogens with one attached hydrogen (secondary N) is 1. The van der Waals surface area contributed by atoms with Crippen molar-refractivity contribution in [2.75, 3.05) is 13.2 Å². The molecular weight excluding hydrogens is 317 g/mol. The Balaban J connectivity index is 1.78. The Morgan fingerprint density at radius 2 is 1.88 bits per heavy atom. The van der Waals surface area contributed by atoms with Crippen molar-refractivity contribution in [2.24, 2.45) is 0 Å². The van der Waals surface area contributed by atoms with Crippen molar-refractivity contribution in [3.05, 3.63) is 48.0 Å². The molecule has 1 fully saturated rings. The summed E-state index contributed by atoms with van der Waals surface area (Å²) in [5.74, 6) is -2.02. The van der Waals surface area contributed by atoms with Gasteiger partial charge in [-0.3, -0.25) is 4.79 Å². The van der Waals surface area contributed by atoms with Crippen LogP contribution >= 0.6 is 0 Å². The number of hydrogen-bond donors (Lipinski definition) is 2. The molecule has 2 N–H and O–H groups in total. The Morgan fingerprint density at radius 3 is 2.50 bits per heavy atom. The van der Waals surface area contributed by atoms with E-state index in [1.54, 1.807) is 6.20 Å². The number of hydrogen-bond acceptors (Lipinski definition) is 4. The summed E-state index contributed by atoms with van der Waals surface area (Å²) in [5.41, 5.74) is -0.657. The maximum atomic E-state index is 13.0. The molecule has 0 bridgehead atoms. The van der Waals surface area contributed by atoms with Crippen LogP contribution in [0.3, 0.4) is 0 Å². The number of carboxylic acid groups (broad SMARTS) is 1. The average molecular weight is 333 g/mol. The molecule has 8 heteroatoms. The molecule has 1 aromatic heterocycles. The fourth-order valence-corrected chi connectivity index (χ4v) is 2.58. The van der Waals surface area contributed by atoms with E-state index < -0.39 is 17.4 Å². The van der Waals surface area contributed by atoms with Gasteiger partial charge in [-0.05, 0) is 30.3 Å². The highest BCUT2D eigenvalue weighted by molar-refractivity contribution is 5.96. The normalized spacial score (nSPS) is 16.5. The summed E-state index contributed by atoms with van der Waals surface area (Å²) in [6.45, 7) is 0.549. The van der Waals surface area contributed by atoms with Gasteiger partial charge >= 0.3 is 5.97 Å². The van der Waals surface area contributed by atoms with E-state index in [4.69, 9.17) is 4.74 Å². The third-order valence-electron chi connectivity index (χ3n) is 4.02. The molecule has 0 unspecified atom stereocenters. The van der Waals surface area contributed by atoms with Crippen LogP contribution < -0.4 is 5.32 Å². The number of carbonyl (C=O) groups is 2. The van der Waals surface area contributed by atoms with Crippen molar-refractivity contribution in [3.8, 4) is 5.69 Å². The van der Waals surface area contributed by atoms with Gasteiger partial charge < -0.3 is 15.2 Å². The molecule has 2 aromatic rings. The second-order valence-electron chi connectivity index (χ2n) is 5.58. The molecular formula is C16H16FN3O4. The Morgan fingerprint density at radius 1 is 1.21 bits per heavy atom. The van der Waals surface area contributed by atoms with E-state index >= 15 is 0 Å². The fraction of sp³-hybridized carbons (Fsp3) is 0.312. The van der Waals surface area contributed by atoms with E-state index in [9.17, 15) is 19.1 Å². The van der Waals surface area contributed by atoms with Crippen LogP contribution in [0.2, 0.25) is 0 Å². The van der Waals surface area contributed by atoms with Crippen LogP contribution in [0, 0.1) is 5.82 Å². The minimum Gasteiger partial charge on any atom is -0.480 e. The van der Waals surface area contributed by atoms with Gasteiger partial charge in [-0.1, -0.05) is 0 Å². The number of aromatic nitrogens is 2. The van der Waals surface area contributed by atoms with Gasteiger partial charge in [0.15, 0.2) is 5.69 Å². The Bertz CT molecular complexity index is 751. The van der Waals surface area contributed by atoms with Crippen LogP contribution in [-0.4, -0.2) is 45.5 Å². The molecule has 0 aliphatic carbocycles. The quantitative estimate of drug-likeness (QED) is 0.881. The lowest BCUT2D eigenvalue weighted by Gasteiger charge is -2.33. The van der Waals surface area contributed by atoms with Gasteiger partial charge in [0.05, 0.1) is 5.69 Å². The van der Waals surface area contributed by atoms with Gasteiger partial charge in [0.25, 0.3) is 5.91 Å². The average Bonchev–Trinajstić information content (AvgIpc) is 3.06. The van der Waals surface area contributed by atoms with Gasteiger partial charge in [0.2, 0.25) is 0 Å². The highest BCUT2D eigenvalue weighted by atomic mass is 19.1. The highest BCUT2D eigenvalue weighted by Crippen LogP contribution is 2.21. The van der Waals surface area contributed by atoms with Crippen LogP contribution in [0.5, 0.6) is 0 Å². The topological polar surface area (TPSA) is 93.5 Å². The third-order valence-corrected chi connectivity index (χ3v) is 4.02. The van der Waals surface area contributed by atoms with Crippen molar-refractivity contribution in [1.82, 2.24) is 15.1 Å².